The van der Waals surface area contributed by atoms with E-state index in [0.29, 0.717) is 22.6 Å². The van der Waals surface area contributed by atoms with Crippen molar-refractivity contribution in [2.75, 3.05) is 13.2 Å². The van der Waals surface area contributed by atoms with E-state index in [1.807, 2.05) is 0 Å². The number of benzene rings is 1. The fourth-order valence-electron chi connectivity index (χ4n) is 2.91. The lowest BCUT2D eigenvalue weighted by Gasteiger charge is -2.21. The Balaban J connectivity index is 1.85. The van der Waals surface area contributed by atoms with Crippen molar-refractivity contribution in [3.05, 3.63) is 42.7 Å². The van der Waals surface area contributed by atoms with E-state index in [4.69, 9.17) is 4.74 Å². The summed E-state index contributed by atoms with van der Waals surface area (Å²) in [5.41, 5.74) is 1.63. The van der Waals surface area contributed by atoms with E-state index >= 15 is 0 Å². The van der Waals surface area contributed by atoms with Gasteiger partial charge in [-0.25, -0.2) is 0 Å². The van der Waals surface area contributed by atoms with Gasteiger partial charge < -0.3 is 9.47 Å². The Morgan fingerprint density at radius 3 is 2.76 bits per heavy atom. The SMILES string of the molecule is C=Cc1ccc(OC(F)(F)F)c(-c2cnn(CC3CCOCC3)c2)c1. The highest BCUT2D eigenvalue weighted by Crippen LogP contribution is 2.35. The molecule has 1 aromatic carbocycles. The van der Waals surface area contributed by atoms with E-state index < -0.39 is 6.36 Å². The minimum Gasteiger partial charge on any atom is -0.405 e. The molecule has 134 valence electrons. The number of hydrogen-bond donors (Lipinski definition) is 0. The summed E-state index contributed by atoms with van der Waals surface area (Å²) in [6.07, 6.45) is 2.06. The third-order valence-electron chi connectivity index (χ3n) is 4.20. The molecule has 7 heteroatoms. The molecule has 0 bridgehead atoms. The van der Waals surface area contributed by atoms with Gasteiger partial charge in [0.05, 0.1) is 6.20 Å². The minimum atomic E-state index is -4.75. The molecule has 0 atom stereocenters. The predicted molar refractivity (Wildman–Crippen MR) is 88.0 cm³/mol. The van der Waals surface area contributed by atoms with Crippen LogP contribution in [-0.2, 0) is 11.3 Å². The molecule has 25 heavy (non-hydrogen) atoms. The monoisotopic (exact) mass is 352 g/mol. The molecule has 2 aromatic rings. The highest BCUT2D eigenvalue weighted by molar-refractivity contribution is 5.72. The minimum absolute atomic E-state index is 0.247. The van der Waals surface area contributed by atoms with Crippen LogP contribution in [0.1, 0.15) is 18.4 Å². The number of rotatable bonds is 5. The summed E-state index contributed by atoms with van der Waals surface area (Å²) in [6.45, 7) is 5.86. The topological polar surface area (TPSA) is 36.3 Å². The molecule has 4 nitrogen and oxygen atoms in total. The van der Waals surface area contributed by atoms with Gasteiger partial charge in [0.2, 0.25) is 0 Å². The molecule has 1 fully saturated rings. The molecule has 1 saturated heterocycles. The van der Waals surface area contributed by atoms with E-state index in [1.165, 1.54) is 12.1 Å². The van der Waals surface area contributed by atoms with Gasteiger partial charge in [-0.05, 0) is 36.5 Å². The van der Waals surface area contributed by atoms with Gasteiger partial charge in [-0.1, -0.05) is 18.7 Å². The second-order valence-corrected chi connectivity index (χ2v) is 6.01. The van der Waals surface area contributed by atoms with Gasteiger partial charge in [-0.2, -0.15) is 5.10 Å². The van der Waals surface area contributed by atoms with Crippen molar-refractivity contribution in [3.8, 4) is 16.9 Å². The summed E-state index contributed by atoms with van der Waals surface area (Å²) in [5, 5.41) is 4.29. The molecular weight excluding hydrogens is 333 g/mol. The number of nitrogens with zero attached hydrogens (tertiary/aromatic N) is 2. The first-order valence-electron chi connectivity index (χ1n) is 8.07. The predicted octanol–water partition coefficient (Wildman–Crippen LogP) is 4.52. The van der Waals surface area contributed by atoms with Gasteiger partial charge in [0.15, 0.2) is 0 Å². The molecule has 1 aliphatic heterocycles. The van der Waals surface area contributed by atoms with Crippen molar-refractivity contribution in [1.29, 1.82) is 0 Å². The summed E-state index contributed by atoms with van der Waals surface area (Å²) in [6, 6.07) is 4.45. The Labute approximate surface area is 143 Å². The molecule has 0 radical (unpaired) electrons. The Morgan fingerprint density at radius 2 is 2.08 bits per heavy atom. The van der Waals surface area contributed by atoms with Crippen molar-refractivity contribution in [2.24, 2.45) is 5.92 Å². The van der Waals surface area contributed by atoms with Gasteiger partial charge in [0, 0.05) is 37.1 Å². The zero-order chi connectivity index (χ0) is 17.9. The first-order valence-corrected chi connectivity index (χ1v) is 8.07. The molecule has 0 N–H and O–H groups in total. The Bertz CT molecular complexity index is 734. The van der Waals surface area contributed by atoms with Crippen LogP contribution in [0, 0.1) is 5.92 Å². The fraction of sp³-hybridized carbons (Fsp3) is 0.389. The van der Waals surface area contributed by atoms with E-state index in [2.05, 4.69) is 16.4 Å². The van der Waals surface area contributed by atoms with Crippen molar-refractivity contribution < 1.29 is 22.6 Å². The Kier molecular flexibility index (Phi) is 5.13. The maximum absolute atomic E-state index is 12.7. The Hall–Kier alpha value is -2.28. The lowest BCUT2D eigenvalue weighted by atomic mass is 10.0. The highest BCUT2D eigenvalue weighted by atomic mass is 19.4. The molecular formula is C18H19F3N2O2. The third-order valence-corrected chi connectivity index (χ3v) is 4.20. The zero-order valence-corrected chi connectivity index (χ0v) is 13.6. The Morgan fingerprint density at radius 1 is 1.32 bits per heavy atom. The summed E-state index contributed by atoms with van der Waals surface area (Å²) in [4.78, 5) is 0. The molecule has 0 saturated carbocycles. The largest absolute Gasteiger partial charge is 0.573 e. The van der Waals surface area contributed by atoms with Crippen LogP contribution in [0.4, 0.5) is 13.2 Å². The van der Waals surface area contributed by atoms with Crippen LogP contribution in [0.15, 0.2) is 37.2 Å². The lowest BCUT2D eigenvalue weighted by Crippen LogP contribution is -2.20. The van der Waals surface area contributed by atoms with E-state index in [-0.39, 0.29) is 5.75 Å². The quantitative estimate of drug-likeness (QED) is 0.794. The van der Waals surface area contributed by atoms with E-state index in [1.54, 1.807) is 29.2 Å². The number of ether oxygens (including phenoxy) is 2. The molecule has 0 aliphatic carbocycles. The molecule has 1 aliphatic rings. The highest BCUT2D eigenvalue weighted by Gasteiger charge is 2.32. The van der Waals surface area contributed by atoms with Gasteiger partial charge in [-0.3, -0.25) is 4.68 Å². The first kappa shape index (κ1) is 17.5. The smallest absolute Gasteiger partial charge is 0.405 e. The van der Waals surface area contributed by atoms with Crippen LogP contribution in [0.3, 0.4) is 0 Å². The van der Waals surface area contributed by atoms with Crippen molar-refractivity contribution in [1.82, 2.24) is 9.78 Å². The number of aromatic nitrogens is 2. The van der Waals surface area contributed by atoms with Crippen molar-refractivity contribution in [2.45, 2.75) is 25.7 Å². The van der Waals surface area contributed by atoms with Crippen LogP contribution < -0.4 is 4.74 Å². The molecule has 2 heterocycles. The van der Waals surface area contributed by atoms with Gasteiger partial charge in [0.25, 0.3) is 0 Å². The maximum Gasteiger partial charge on any atom is 0.573 e. The van der Waals surface area contributed by atoms with Crippen LogP contribution in [0.25, 0.3) is 17.2 Å². The summed E-state index contributed by atoms with van der Waals surface area (Å²) in [7, 11) is 0. The second kappa shape index (κ2) is 7.31. The summed E-state index contributed by atoms with van der Waals surface area (Å²) >= 11 is 0. The van der Waals surface area contributed by atoms with Crippen molar-refractivity contribution in [3.63, 3.8) is 0 Å². The number of hydrogen-bond acceptors (Lipinski definition) is 3. The summed E-state index contributed by atoms with van der Waals surface area (Å²) < 4.78 is 49.2. The van der Waals surface area contributed by atoms with E-state index in [0.717, 1.165) is 32.6 Å². The van der Waals surface area contributed by atoms with Crippen LogP contribution in [-0.4, -0.2) is 29.4 Å². The zero-order valence-electron chi connectivity index (χ0n) is 13.6. The molecule has 1 aromatic heterocycles. The third kappa shape index (κ3) is 4.63. The second-order valence-electron chi connectivity index (χ2n) is 6.01. The van der Waals surface area contributed by atoms with Gasteiger partial charge in [0.1, 0.15) is 5.75 Å². The normalized spacial score (nSPS) is 16.0. The fourth-order valence-corrected chi connectivity index (χ4v) is 2.91. The lowest BCUT2D eigenvalue weighted by molar-refractivity contribution is -0.274. The number of alkyl halides is 3. The van der Waals surface area contributed by atoms with Crippen LogP contribution >= 0.6 is 0 Å². The number of halogens is 3. The summed E-state index contributed by atoms with van der Waals surface area (Å²) in [5.74, 6) is 0.218. The maximum atomic E-state index is 12.7. The van der Waals surface area contributed by atoms with Crippen molar-refractivity contribution >= 4 is 6.08 Å². The van der Waals surface area contributed by atoms with Gasteiger partial charge in [-0.15, -0.1) is 13.2 Å². The van der Waals surface area contributed by atoms with E-state index in [9.17, 15) is 13.2 Å². The average molecular weight is 352 g/mol. The van der Waals surface area contributed by atoms with Gasteiger partial charge >= 0.3 is 6.36 Å². The molecule has 0 unspecified atom stereocenters. The van der Waals surface area contributed by atoms with Crippen LogP contribution in [0.5, 0.6) is 5.75 Å². The average Bonchev–Trinajstić information content (AvgIpc) is 3.03. The first-order chi connectivity index (χ1) is 11.9. The molecule has 0 spiro atoms. The van der Waals surface area contributed by atoms with Crippen LogP contribution in [0.2, 0.25) is 0 Å². The molecule has 3 rings (SSSR count). The standard InChI is InChI=1S/C18H19F3N2O2/c1-2-13-3-4-17(25-18(19,20)21)16(9-13)15-10-22-23(12-15)11-14-5-7-24-8-6-14/h2-4,9-10,12,14H,1,5-8,11H2. The molecule has 0 amide bonds.